The smallest absolute Gasteiger partial charge is 0.239 e. The first-order valence-corrected chi connectivity index (χ1v) is 7.75. The number of anilines is 2. The van der Waals surface area contributed by atoms with Crippen LogP contribution in [0.15, 0.2) is 36.4 Å². The van der Waals surface area contributed by atoms with E-state index in [2.05, 4.69) is 10.6 Å². The fourth-order valence-electron chi connectivity index (χ4n) is 2.23. The van der Waals surface area contributed by atoms with Gasteiger partial charge in [0.15, 0.2) is 23.1 Å². The molecule has 0 unspecified atom stereocenters. The summed E-state index contributed by atoms with van der Waals surface area (Å²) in [6, 6.07) is 7.80. The first-order valence-electron chi connectivity index (χ1n) is 7.75. The quantitative estimate of drug-likeness (QED) is 0.819. The van der Waals surface area contributed by atoms with Crippen molar-refractivity contribution >= 4 is 23.2 Å². The highest BCUT2D eigenvalue weighted by Crippen LogP contribution is 2.34. The first-order chi connectivity index (χ1) is 12.3. The number of carbonyl (C=O) groups excluding carboxylic acids is 2. The zero-order chi connectivity index (χ0) is 18.9. The number of rotatable bonds is 4. The van der Waals surface area contributed by atoms with Crippen LogP contribution in [0.3, 0.4) is 0 Å². The van der Waals surface area contributed by atoms with E-state index in [1.807, 2.05) is 0 Å². The van der Waals surface area contributed by atoms with E-state index in [-0.39, 0.29) is 12.5 Å². The van der Waals surface area contributed by atoms with Gasteiger partial charge >= 0.3 is 0 Å². The predicted octanol–water partition coefficient (Wildman–Crippen LogP) is 3.30. The molecule has 0 atom stereocenters. The lowest BCUT2D eigenvalue weighted by molar-refractivity contribution is -0.135. The zero-order valence-electron chi connectivity index (χ0n) is 14.1. The highest BCUT2D eigenvalue weighted by molar-refractivity contribution is 6.14. The molecule has 136 valence electrons. The molecule has 0 spiro atoms. The molecule has 2 N–H and O–H groups in total. The van der Waals surface area contributed by atoms with Crippen LogP contribution in [0, 0.1) is 17.0 Å². The van der Waals surface area contributed by atoms with Crippen LogP contribution >= 0.6 is 0 Å². The highest BCUT2D eigenvalue weighted by Gasteiger charge is 2.36. The molecule has 8 heteroatoms. The molecule has 2 aromatic rings. The third-order valence-electron chi connectivity index (χ3n) is 3.94. The Hall–Kier alpha value is -3.16. The van der Waals surface area contributed by atoms with Crippen molar-refractivity contribution in [1.82, 2.24) is 0 Å². The maximum Gasteiger partial charge on any atom is 0.239 e. The van der Waals surface area contributed by atoms with Gasteiger partial charge in [-0.25, -0.2) is 8.78 Å². The Labute approximate surface area is 148 Å². The number of carbonyl (C=O) groups is 2. The number of amides is 2. The van der Waals surface area contributed by atoms with Gasteiger partial charge in [-0.15, -0.1) is 0 Å². The van der Waals surface area contributed by atoms with Crippen molar-refractivity contribution in [2.45, 2.75) is 13.8 Å². The Bertz CT molecular complexity index is 883. The number of hydrogen-bond acceptors (Lipinski definition) is 4. The van der Waals surface area contributed by atoms with Gasteiger partial charge in [0.05, 0.1) is 0 Å². The summed E-state index contributed by atoms with van der Waals surface area (Å²) in [6.07, 6.45) is 0. The summed E-state index contributed by atoms with van der Waals surface area (Å²) in [5, 5.41) is 5.04. The fourth-order valence-corrected chi connectivity index (χ4v) is 2.23. The molecule has 0 aromatic heterocycles. The lowest BCUT2D eigenvalue weighted by atomic mass is 9.90. The standard InChI is InChI=1S/C18H16F2N2O4/c1-18(2,16(23)21-10-3-5-12(19)13(20)7-10)17(24)22-11-4-6-14-15(8-11)26-9-25-14/h3-8H,9H2,1-2H3,(H,21,23)(H,22,24). The minimum Gasteiger partial charge on any atom is -0.454 e. The SMILES string of the molecule is CC(C)(C(=O)Nc1ccc(F)c(F)c1)C(=O)Nc1ccc2c(c1)OCO2. The number of benzene rings is 2. The summed E-state index contributed by atoms with van der Waals surface area (Å²) in [5.41, 5.74) is -0.980. The largest absolute Gasteiger partial charge is 0.454 e. The van der Waals surface area contributed by atoms with E-state index < -0.39 is 28.9 Å². The number of nitrogens with one attached hydrogen (secondary N) is 2. The highest BCUT2D eigenvalue weighted by atomic mass is 19.2. The molecule has 1 aliphatic rings. The van der Waals surface area contributed by atoms with E-state index in [1.54, 1.807) is 18.2 Å². The third-order valence-corrected chi connectivity index (χ3v) is 3.94. The average molecular weight is 362 g/mol. The molecular weight excluding hydrogens is 346 g/mol. The predicted molar refractivity (Wildman–Crippen MR) is 90.0 cm³/mol. The maximum atomic E-state index is 13.3. The number of hydrogen-bond donors (Lipinski definition) is 2. The van der Waals surface area contributed by atoms with E-state index in [4.69, 9.17) is 9.47 Å². The molecule has 1 aliphatic heterocycles. The van der Waals surface area contributed by atoms with Crippen LogP contribution in [0.2, 0.25) is 0 Å². The minimum atomic E-state index is -1.47. The summed E-state index contributed by atoms with van der Waals surface area (Å²) in [5.74, 6) is -2.29. The van der Waals surface area contributed by atoms with Crippen molar-refractivity contribution in [2.24, 2.45) is 5.41 Å². The van der Waals surface area contributed by atoms with Crippen LogP contribution < -0.4 is 20.1 Å². The topological polar surface area (TPSA) is 76.7 Å². The molecule has 2 amide bonds. The fraction of sp³-hybridized carbons (Fsp3) is 0.222. The monoisotopic (exact) mass is 362 g/mol. The molecule has 0 saturated heterocycles. The van der Waals surface area contributed by atoms with Crippen LogP contribution in [0.5, 0.6) is 11.5 Å². The molecule has 2 aromatic carbocycles. The average Bonchev–Trinajstić information content (AvgIpc) is 3.05. The Morgan fingerprint density at radius 2 is 1.46 bits per heavy atom. The van der Waals surface area contributed by atoms with Crippen molar-refractivity contribution in [3.8, 4) is 11.5 Å². The lowest BCUT2D eigenvalue weighted by Crippen LogP contribution is -2.41. The minimum absolute atomic E-state index is 0.0536. The lowest BCUT2D eigenvalue weighted by Gasteiger charge is -2.23. The third kappa shape index (κ3) is 3.44. The Kier molecular flexibility index (Phi) is 4.50. The Morgan fingerprint density at radius 1 is 0.885 bits per heavy atom. The van der Waals surface area contributed by atoms with Gasteiger partial charge in [0.25, 0.3) is 0 Å². The summed E-state index contributed by atoms with van der Waals surface area (Å²) >= 11 is 0. The molecule has 26 heavy (non-hydrogen) atoms. The van der Waals surface area contributed by atoms with Gasteiger partial charge in [-0.2, -0.15) is 0 Å². The normalized spacial score (nSPS) is 12.6. The molecular formula is C18H16F2N2O4. The van der Waals surface area contributed by atoms with E-state index in [9.17, 15) is 18.4 Å². The van der Waals surface area contributed by atoms with Crippen LogP contribution in [-0.4, -0.2) is 18.6 Å². The van der Waals surface area contributed by atoms with Gasteiger partial charge in [0.1, 0.15) is 5.41 Å². The van der Waals surface area contributed by atoms with Crippen LogP contribution in [0.25, 0.3) is 0 Å². The molecule has 0 fully saturated rings. The summed E-state index contributed by atoms with van der Waals surface area (Å²) in [6.45, 7) is 2.95. The van der Waals surface area contributed by atoms with Crippen LogP contribution in [-0.2, 0) is 9.59 Å². The van der Waals surface area contributed by atoms with Gasteiger partial charge < -0.3 is 20.1 Å². The Balaban J connectivity index is 1.70. The molecule has 0 radical (unpaired) electrons. The first kappa shape index (κ1) is 17.7. The van der Waals surface area contributed by atoms with Crippen molar-refractivity contribution in [1.29, 1.82) is 0 Å². The molecule has 0 saturated carbocycles. The Morgan fingerprint density at radius 3 is 2.12 bits per heavy atom. The van der Waals surface area contributed by atoms with Crippen LogP contribution in [0.1, 0.15) is 13.8 Å². The molecule has 6 nitrogen and oxygen atoms in total. The molecule has 0 aliphatic carbocycles. The summed E-state index contributed by atoms with van der Waals surface area (Å²) in [7, 11) is 0. The number of halogens is 2. The van der Waals surface area contributed by atoms with Crippen molar-refractivity contribution in [2.75, 3.05) is 17.4 Å². The van der Waals surface area contributed by atoms with Gasteiger partial charge in [-0.05, 0) is 38.1 Å². The number of ether oxygens (including phenoxy) is 2. The molecule has 0 bridgehead atoms. The van der Waals surface area contributed by atoms with E-state index in [0.29, 0.717) is 17.2 Å². The maximum absolute atomic E-state index is 13.3. The van der Waals surface area contributed by atoms with Gasteiger partial charge in [0.2, 0.25) is 18.6 Å². The summed E-state index contributed by atoms with van der Waals surface area (Å²) < 4.78 is 36.6. The zero-order valence-corrected chi connectivity index (χ0v) is 14.1. The van der Waals surface area contributed by atoms with E-state index in [1.165, 1.54) is 19.9 Å². The second-order valence-electron chi connectivity index (χ2n) is 6.23. The van der Waals surface area contributed by atoms with Gasteiger partial charge in [-0.1, -0.05) is 0 Å². The van der Waals surface area contributed by atoms with Gasteiger partial charge in [-0.3, -0.25) is 9.59 Å². The number of fused-ring (bicyclic) bond motifs is 1. The van der Waals surface area contributed by atoms with Crippen LogP contribution in [0.4, 0.5) is 20.2 Å². The van der Waals surface area contributed by atoms with E-state index >= 15 is 0 Å². The second kappa shape index (κ2) is 6.62. The summed E-state index contributed by atoms with van der Waals surface area (Å²) in [4.78, 5) is 24.9. The van der Waals surface area contributed by atoms with Gasteiger partial charge in [0, 0.05) is 23.5 Å². The molecule has 1 heterocycles. The second-order valence-corrected chi connectivity index (χ2v) is 6.23. The van der Waals surface area contributed by atoms with E-state index in [0.717, 1.165) is 12.1 Å². The van der Waals surface area contributed by atoms with Crippen molar-refractivity contribution in [3.05, 3.63) is 48.0 Å². The van der Waals surface area contributed by atoms with Crippen molar-refractivity contribution in [3.63, 3.8) is 0 Å². The molecule has 3 rings (SSSR count). The van der Waals surface area contributed by atoms with Crippen molar-refractivity contribution < 1.29 is 27.8 Å².